The molecule has 2 rings (SSSR count). The number of nitrogens with zero attached hydrogens (tertiary/aromatic N) is 1. The summed E-state index contributed by atoms with van der Waals surface area (Å²) in [7, 11) is -3.40. The van der Waals surface area contributed by atoms with Crippen LogP contribution in [0.25, 0.3) is 0 Å². The summed E-state index contributed by atoms with van der Waals surface area (Å²) in [6.07, 6.45) is 4.16. The second-order valence-electron chi connectivity index (χ2n) is 5.43. The number of benzene rings is 1. The molecule has 108 valence electrons. The summed E-state index contributed by atoms with van der Waals surface area (Å²) in [5.74, 6) is 0.562. The van der Waals surface area contributed by atoms with Gasteiger partial charge in [-0.3, -0.25) is 0 Å². The average Bonchev–Trinajstić information content (AvgIpc) is 3.21. The lowest BCUT2D eigenvalue weighted by Gasteiger charge is -2.17. The maximum Gasteiger partial charge on any atom is 0.216 e. The molecule has 1 atom stereocenters. The minimum Gasteiger partial charge on any atom is -0.212 e. The first kappa shape index (κ1) is 15.0. The standard InChI is InChI=1S/C15H20N2O2S/c1-2-15(9-12-7-8-12)17-20(18,19)11-14-6-4-3-5-13(14)10-16/h3-6,12,15,17H,2,7-9,11H2,1H3. The van der Waals surface area contributed by atoms with Gasteiger partial charge < -0.3 is 0 Å². The van der Waals surface area contributed by atoms with Crippen molar-refractivity contribution in [3.05, 3.63) is 35.4 Å². The van der Waals surface area contributed by atoms with Gasteiger partial charge in [0.05, 0.1) is 17.4 Å². The highest BCUT2D eigenvalue weighted by atomic mass is 32.2. The third-order valence-electron chi connectivity index (χ3n) is 3.64. The maximum atomic E-state index is 12.2. The molecule has 1 aliphatic rings. The molecule has 0 amide bonds. The van der Waals surface area contributed by atoms with E-state index in [0.29, 0.717) is 17.0 Å². The monoisotopic (exact) mass is 292 g/mol. The number of nitriles is 1. The lowest BCUT2D eigenvalue weighted by Crippen LogP contribution is -2.35. The van der Waals surface area contributed by atoms with Crippen LogP contribution in [-0.4, -0.2) is 14.5 Å². The number of sulfonamides is 1. The van der Waals surface area contributed by atoms with Crippen LogP contribution in [0.2, 0.25) is 0 Å². The predicted molar refractivity (Wildman–Crippen MR) is 78.3 cm³/mol. The molecule has 0 aromatic heterocycles. The fraction of sp³-hybridized carbons (Fsp3) is 0.533. The lowest BCUT2D eigenvalue weighted by molar-refractivity contribution is 0.495. The zero-order chi connectivity index (χ0) is 14.6. The second-order valence-corrected chi connectivity index (χ2v) is 7.18. The van der Waals surface area contributed by atoms with Gasteiger partial charge in [0.1, 0.15) is 0 Å². The second kappa shape index (κ2) is 6.38. The van der Waals surface area contributed by atoms with E-state index >= 15 is 0 Å². The van der Waals surface area contributed by atoms with Crippen LogP contribution in [0.5, 0.6) is 0 Å². The van der Waals surface area contributed by atoms with Crippen molar-refractivity contribution >= 4 is 10.0 Å². The fourth-order valence-corrected chi connectivity index (χ4v) is 3.82. The van der Waals surface area contributed by atoms with Crippen molar-refractivity contribution in [1.29, 1.82) is 5.26 Å². The molecule has 0 heterocycles. The van der Waals surface area contributed by atoms with E-state index in [1.807, 2.05) is 13.0 Å². The topological polar surface area (TPSA) is 70.0 Å². The predicted octanol–water partition coefficient (Wildman–Crippen LogP) is 2.56. The average molecular weight is 292 g/mol. The van der Waals surface area contributed by atoms with Gasteiger partial charge in [-0.1, -0.05) is 38.0 Å². The molecule has 1 saturated carbocycles. The molecule has 0 bridgehead atoms. The van der Waals surface area contributed by atoms with Crippen LogP contribution in [0.4, 0.5) is 0 Å². The van der Waals surface area contributed by atoms with Crippen molar-refractivity contribution < 1.29 is 8.42 Å². The van der Waals surface area contributed by atoms with Gasteiger partial charge in [-0.05, 0) is 30.4 Å². The van der Waals surface area contributed by atoms with E-state index in [1.54, 1.807) is 24.3 Å². The zero-order valence-electron chi connectivity index (χ0n) is 11.7. The molecule has 5 heteroatoms. The summed E-state index contributed by atoms with van der Waals surface area (Å²) < 4.78 is 27.2. The van der Waals surface area contributed by atoms with Crippen LogP contribution < -0.4 is 4.72 Å². The van der Waals surface area contributed by atoms with Gasteiger partial charge in [0, 0.05) is 6.04 Å². The maximum absolute atomic E-state index is 12.2. The number of hydrogen-bond acceptors (Lipinski definition) is 3. The molecule has 1 aromatic rings. The minimum absolute atomic E-state index is 0.0155. The summed E-state index contributed by atoms with van der Waals surface area (Å²) in [5.41, 5.74) is 0.983. The highest BCUT2D eigenvalue weighted by molar-refractivity contribution is 7.88. The first-order valence-corrected chi connectivity index (χ1v) is 8.67. The summed E-state index contributed by atoms with van der Waals surface area (Å²) in [4.78, 5) is 0. The summed E-state index contributed by atoms with van der Waals surface area (Å²) in [5, 5.41) is 9.01. The van der Waals surface area contributed by atoms with Gasteiger partial charge in [0.15, 0.2) is 0 Å². The van der Waals surface area contributed by atoms with Crippen LogP contribution in [-0.2, 0) is 15.8 Å². The van der Waals surface area contributed by atoms with Gasteiger partial charge >= 0.3 is 0 Å². The fourth-order valence-electron chi connectivity index (χ4n) is 2.31. The molecule has 1 unspecified atom stereocenters. The van der Waals surface area contributed by atoms with E-state index in [0.717, 1.165) is 12.8 Å². The van der Waals surface area contributed by atoms with Crippen molar-refractivity contribution in [3.8, 4) is 6.07 Å². The minimum atomic E-state index is -3.40. The van der Waals surface area contributed by atoms with Crippen LogP contribution >= 0.6 is 0 Å². The van der Waals surface area contributed by atoms with Crippen LogP contribution in [0.3, 0.4) is 0 Å². The molecule has 1 N–H and O–H groups in total. The zero-order valence-corrected chi connectivity index (χ0v) is 12.5. The van der Waals surface area contributed by atoms with Crippen LogP contribution in [0.1, 0.15) is 43.7 Å². The first-order chi connectivity index (χ1) is 9.54. The molecule has 1 aliphatic carbocycles. The molecule has 0 aliphatic heterocycles. The van der Waals surface area contributed by atoms with Crippen molar-refractivity contribution in [3.63, 3.8) is 0 Å². The van der Waals surface area contributed by atoms with Crippen molar-refractivity contribution in [1.82, 2.24) is 4.72 Å². The van der Waals surface area contributed by atoms with Crippen molar-refractivity contribution in [2.75, 3.05) is 0 Å². The molecule has 0 spiro atoms. The summed E-state index contributed by atoms with van der Waals surface area (Å²) in [6.45, 7) is 2.00. The van der Waals surface area contributed by atoms with Crippen LogP contribution in [0, 0.1) is 17.2 Å². The Morgan fingerprint density at radius 2 is 2.10 bits per heavy atom. The summed E-state index contributed by atoms with van der Waals surface area (Å²) in [6, 6.07) is 8.89. The third kappa shape index (κ3) is 4.32. The summed E-state index contributed by atoms with van der Waals surface area (Å²) >= 11 is 0. The third-order valence-corrected chi connectivity index (χ3v) is 5.02. The van der Waals surface area contributed by atoms with E-state index in [2.05, 4.69) is 4.72 Å². The highest BCUT2D eigenvalue weighted by Crippen LogP contribution is 2.34. The number of nitrogens with one attached hydrogen (secondary N) is 1. The van der Waals surface area contributed by atoms with Gasteiger partial charge in [0.25, 0.3) is 0 Å². The lowest BCUT2D eigenvalue weighted by atomic mass is 10.1. The smallest absolute Gasteiger partial charge is 0.212 e. The van der Waals surface area contributed by atoms with E-state index in [1.165, 1.54) is 12.8 Å². The van der Waals surface area contributed by atoms with E-state index in [4.69, 9.17) is 5.26 Å². The molecule has 0 saturated heterocycles. The van der Waals surface area contributed by atoms with Crippen LogP contribution in [0.15, 0.2) is 24.3 Å². The molecule has 20 heavy (non-hydrogen) atoms. The Balaban J connectivity index is 2.04. The SMILES string of the molecule is CCC(CC1CC1)NS(=O)(=O)Cc1ccccc1C#N. The Morgan fingerprint density at radius 1 is 1.40 bits per heavy atom. The molecule has 4 nitrogen and oxygen atoms in total. The highest BCUT2D eigenvalue weighted by Gasteiger charge is 2.27. The van der Waals surface area contributed by atoms with Crippen molar-refractivity contribution in [2.24, 2.45) is 5.92 Å². The normalized spacial score (nSPS) is 16.6. The van der Waals surface area contributed by atoms with Gasteiger partial charge in [-0.25, -0.2) is 13.1 Å². The molecular weight excluding hydrogens is 272 g/mol. The molecular formula is C15H20N2O2S. The van der Waals surface area contributed by atoms with Gasteiger partial charge in [0.2, 0.25) is 10.0 Å². The largest absolute Gasteiger partial charge is 0.216 e. The number of hydrogen-bond donors (Lipinski definition) is 1. The van der Waals surface area contributed by atoms with E-state index in [9.17, 15) is 8.42 Å². The quantitative estimate of drug-likeness (QED) is 0.839. The number of rotatable bonds is 7. The molecule has 1 fully saturated rings. The Labute approximate surface area is 120 Å². The Morgan fingerprint density at radius 3 is 2.70 bits per heavy atom. The molecule has 1 aromatic carbocycles. The van der Waals surface area contributed by atoms with Crippen molar-refractivity contribution in [2.45, 2.75) is 44.4 Å². The van der Waals surface area contributed by atoms with Gasteiger partial charge in [-0.2, -0.15) is 5.26 Å². The van der Waals surface area contributed by atoms with E-state index < -0.39 is 10.0 Å². The Kier molecular flexibility index (Phi) is 4.79. The first-order valence-electron chi connectivity index (χ1n) is 7.02. The Bertz CT molecular complexity index is 601. The molecule has 0 radical (unpaired) electrons. The van der Waals surface area contributed by atoms with E-state index in [-0.39, 0.29) is 11.8 Å². The Hall–Kier alpha value is -1.38. The van der Waals surface area contributed by atoms with Gasteiger partial charge in [-0.15, -0.1) is 0 Å².